The summed E-state index contributed by atoms with van der Waals surface area (Å²) in [6.45, 7) is 3.47. The van der Waals surface area contributed by atoms with Gasteiger partial charge in [0.25, 0.3) is 5.91 Å². The highest BCUT2D eigenvalue weighted by Gasteiger charge is 2.12. The summed E-state index contributed by atoms with van der Waals surface area (Å²) in [5.74, 6) is -0.260. The van der Waals surface area contributed by atoms with E-state index in [2.05, 4.69) is 10.0 Å². The highest BCUT2D eigenvalue weighted by Crippen LogP contribution is 2.11. The number of hydrogen-bond acceptors (Lipinski definition) is 4. The summed E-state index contributed by atoms with van der Waals surface area (Å²) in [6.07, 6.45) is 1.05. The van der Waals surface area contributed by atoms with E-state index < -0.39 is 16.1 Å². The molecule has 1 rings (SSSR count). The van der Waals surface area contributed by atoms with Crippen LogP contribution in [0.15, 0.2) is 24.3 Å². The van der Waals surface area contributed by atoms with Gasteiger partial charge in [-0.2, -0.15) is 0 Å². The third-order valence-electron chi connectivity index (χ3n) is 2.52. The van der Waals surface area contributed by atoms with E-state index in [1.54, 1.807) is 6.92 Å². The Morgan fingerprint density at radius 1 is 1.25 bits per heavy atom. The van der Waals surface area contributed by atoms with Gasteiger partial charge in [0.2, 0.25) is 10.0 Å². The number of hydrogen-bond donors (Lipinski definition) is 3. The second kappa shape index (κ2) is 6.71. The Kier molecular flexibility index (Phi) is 5.52. The van der Waals surface area contributed by atoms with Gasteiger partial charge in [0.1, 0.15) is 0 Å². The van der Waals surface area contributed by atoms with E-state index >= 15 is 0 Å². The molecule has 7 heteroatoms. The van der Waals surface area contributed by atoms with Crippen molar-refractivity contribution in [2.45, 2.75) is 32.4 Å². The fourth-order valence-corrected chi connectivity index (χ4v) is 2.35. The molecule has 3 N–H and O–H groups in total. The van der Waals surface area contributed by atoms with Crippen LogP contribution in [0.3, 0.4) is 0 Å². The first-order valence-electron chi connectivity index (χ1n) is 6.24. The van der Waals surface area contributed by atoms with E-state index in [1.807, 2.05) is 6.92 Å². The Bertz CT molecular complexity index is 552. The summed E-state index contributed by atoms with van der Waals surface area (Å²) < 4.78 is 24.4. The smallest absolute Gasteiger partial charge is 0.251 e. The third kappa shape index (κ3) is 6.03. The maximum Gasteiger partial charge on any atom is 0.251 e. The highest BCUT2D eigenvalue weighted by atomic mass is 32.2. The minimum absolute atomic E-state index is 0.142. The monoisotopic (exact) mass is 300 g/mol. The molecule has 1 amide bonds. The lowest BCUT2D eigenvalue weighted by Gasteiger charge is -2.15. The Labute approximate surface area is 119 Å². The molecule has 2 unspecified atom stereocenters. The van der Waals surface area contributed by atoms with Crippen molar-refractivity contribution in [3.8, 4) is 0 Å². The second-order valence-electron chi connectivity index (χ2n) is 4.91. The quantitative estimate of drug-likeness (QED) is 0.729. The fraction of sp³-hybridized carbons (Fsp3) is 0.462. The molecule has 2 atom stereocenters. The summed E-state index contributed by atoms with van der Waals surface area (Å²) in [7, 11) is -3.32. The normalized spacial score (nSPS) is 14.4. The molecule has 0 saturated carbocycles. The van der Waals surface area contributed by atoms with Crippen molar-refractivity contribution in [1.29, 1.82) is 0 Å². The van der Waals surface area contributed by atoms with Crippen LogP contribution in [0.2, 0.25) is 0 Å². The van der Waals surface area contributed by atoms with Crippen LogP contribution in [-0.4, -0.2) is 37.8 Å². The number of aliphatic hydroxyl groups is 1. The lowest BCUT2D eigenvalue weighted by Crippen LogP contribution is -2.34. The van der Waals surface area contributed by atoms with Crippen LogP contribution in [0.25, 0.3) is 0 Å². The van der Waals surface area contributed by atoms with Crippen LogP contribution >= 0.6 is 0 Å². The molecule has 0 aliphatic heterocycles. The van der Waals surface area contributed by atoms with Crippen LogP contribution in [0.5, 0.6) is 0 Å². The van der Waals surface area contributed by atoms with Crippen molar-refractivity contribution in [2.75, 3.05) is 11.0 Å². The predicted molar refractivity (Wildman–Crippen MR) is 78.1 cm³/mol. The molecular weight excluding hydrogens is 280 g/mol. The average Bonchev–Trinajstić information content (AvgIpc) is 2.26. The zero-order valence-electron chi connectivity index (χ0n) is 11.8. The number of sulfonamides is 1. The molecular formula is C13H20N2O4S. The molecule has 0 radical (unpaired) electrons. The van der Waals surface area contributed by atoms with Crippen LogP contribution in [0, 0.1) is 0 Å². The van der Waals surface area contributed by atoms with Crippen molar-refractivity contribution in [1.82, 2.24) is 5.32 Å². The largest absolute Gasteiger partial charge is 0.393 e. The van der Waals surface area contributed by atoms with Crippen molar-refractivity contribution < 1.29 is 18.3 Å². The van der Waals surface area contributed by atoms with E-state index in [4.69, 9.17) is 0 Å². The summed E-state index contributed by atoms with van der Waals surface area (Å²) in [4.78, 5) is 11.9. The molecule has 0 aliphatic rings. The number of carbonyl (C=O) groups excluding carboxylic acids is 1. The van der Waals surface area contributed by atoms with Crippen molar-refractivity contribution in [3.05, 3.63) is 29.8 Å². The summed E-state index contributed by atoms with van der Waals surface area (Å²) in [5, 5.41) is 12.0. The highest BCUT2D eigenvalue weighted by molar-refractivity contribution is 7.92. The van der Waals surface area contributed by atoms with Crippen LogP contribution in [0.4, 0.5) is 5.69 Å². The fourth-order valence-electron chi connectivity index (χ4n) is 1.78. The molecule has 0 aliphatic carbocycles. The Morgan fingerprint density at radius 3 is 2.25 bits per heavy atom. The van der Waals surface area contributed by atoms with Gasteiger partial charge < -0.3 is 10.4 Å². The second-order valence-corrected chi connectivity index (χ2v) is 6.66. The van der Waals surface area contributed by atoms with Crippen molar-refractivity contribution >= 4 is 21.6 Å². The molecule has 1 aromatic rings. The van der Waals surface area contributed by atoms with E-state index in [9.17, 15) is 18.3 Å². The maximum atomic E-state index is 11.9. The minimum Gasteiger partial charge on any atom is -0.393 e. The van der Waals surface area contributed by atoms with E-state index in [1.165, 1.54) is 24.3 Å². The summed E-state index contributed by atoms with van der Waals surface area (Å²) in [5.41, 5.74) is 0.836. The van der Waals surface area contributed by atoms with Gasteiger partial charge in [0.05, 0.1) is 12.4 Å². The SMILES string of the molecule is CC(O)CC(C)NC(=O)c1ccc(NS(C)(=O)=O)cc1. The lowest BCUT2D eigenvalue weighted by atomic mass is 10.1. The van der Waals surface area contributed by atoms with Gasteiger partial charge >= 0.3 is 0 Å². The summed E-state index contributed by atoms with van der Waals surface area (Å²) >= 11 is 0. The van der Waals surface area contributed by atoms with E-state index in [0.29, 0.717) is 17.7 Å². The molecule has 0 aromatic heterocycles. The molecule has 0 spiro atoms. The first kappa shape index (κ1) is 16.5. The Balaban J connectivity index is 2.66. The molecule has 0 bridgehead atoms. The summed E-state index contributed by atoms with van der Waals surface area (Å²) in [6, 6.07) is 5.98. The van der Waals surface area contributed by atoms with Crippen LogP contribution < -0.4 is 10.0 Å². The molecule has 0 fully saturated rings. The zero-order chi connectivity index (χ0) is 15.3. The van der Waals surface area contributed by atoms with Gasteiger partial charge in [-0.3, -0.25) is 9.52 Å². The van der Waals surface area contributed by atoms with E-state index in [0.717, 1.165) is 6.26 Å². The third-order valence-corrected chi connectivity index (χ3v) is 3.13. The van der Waals surface area contributed by atoms with Gasteiger partial charge in [0.15, 0.2) is 0 Å². The first-order valence-corrected chi connectivity index (χ1v) is 8.13. The maximum absolute atomic E-state index is 11.9. The van der Waals surface area contributed by atoms with Gasteiger partial charge in [-0.25, -0.2) is 8.42 Å². The number of aliphatic hydroxyl groups excluding tert-OH is 1. The minimum atomic E-state index is -3.32. The van der Waals surface area contributed by atoms with Crippen molar-refractivity contribution in [2.24, 2.45) is 0 Å². The number of rotatable bonds is 6. The van der Waals surface area contributed by atoms with Crippen LogP contribution in [-0.2, 0) is 10.0 Å². The molecule has 0 heterocycles. The van der Waals surface area contributed by atoms with Gasteiger partial charge in [-0.1, -0.05) is 0 Å². The number of amides is 1. The number of nitrogens with one attached hydrogen (secondary N) is 2. The van der Waals surface area contributed by atoms with Gasteiger partial charge in [-0.15, -0.1) is 0 Å². The molecule has 112 valence electrons. The topological polar surface area (TPSA) is 95.5 Å². The first-order chi connectivity index (χ1) is 9.17. The van der Waals surface area contributed by atoms with Gasteiger partial charge in [-0.05, 0) is 44.5 Å². The predicted octanol–water partition coefficient (Wildman–Crippen LogP) is 0.947. The molecule has 20 heavy (non-hydrogen) atoms. The average molecular weight is 300 g/mol. The standard InChI is InChI=1S/C13H20N2O4S/c1-9(8-10(2)16)14-13(17)11-4-6-12(7-5-11)15-20(3,18)19/h4-7,9-10,15-16H,8H2,1-3H3,(H,14,17). The molecule has 1 aromatic carbocycles. The van der Waals surface area contributed by atoms with E-state index in [-0.39, 0.29) is 11.9 Å². The molecule has 6 nitrogen and oxygen atoms in total. The Morgan fingerprint density at radius 2 is 1.80 bits per heavy atom. The molecule has 0 saturated heterocycles. The lowest BCUT2D eigenvalue weighted by molar-refractivity contribution is 0.0923. The number of anilines is 1. The number of carbonyl (C=O) groups is 1. The van der Waals surface area contributed by atoms with Gasteiger partial charge in [0, 0.05) is 17.3 Å². The van der Waals surface area contributed by atoms with Crippen molar-refractivity contribution in [3.63, 3.8) is 0 Å². The Hall–Kier alpha value is -1.60. The number of benzene rings is 1. The van der Waals surface area contributed by atoms with Crippen LogP contribution in [0.1, 0.15) is 30.6 Å². The zero-order valence-corrected chi connectivity index (χ0v) is 12.6.